The molecule has 6 nitrogen and oxygen atoms in total. The maximum absolute atomic E-state index is 12.3. The third-order valence-corrected chi connectivity index (χ3v) is 5.19. The Morgan fingerprint density at radius 3 is 2.39 bits per heavy atom. The number of rotatable bonds is 6. The molecule has 0 amide bonds. The lowest BCUT2D eigenvalue weighted by Crippen LogP contribution is -2.50. The molecule has 0 aliphatic carbocycles. The van der Waals surface area contributed by atoms with Crippen LogP contribution in [0.5, 0.6) is 0 Å². The predicted octanol–water partition coefficient (Wildman–Crippen LogP) is 0.903. The van der Waals surface area contributed by atoms with E-state index in [0.717, 1.165) is 0 Å². The van der Waals surface area contributed by atoms with E-state index in [1.807, 2.05) is 13.8 Å². The van der Waals surface area contributed by atoms with E-state index >= 15 is 0 Å². The van der Waals surface area contributed by atoms with Crippen molar-refractivity contribution < 1.29 is 13.5 Å². The molecule has 18 heavy (non-hydrogen) atoms. The normalized spacial score (nSPS) is 12.9. The summed E-state index contributed by atoms with van der Waals surface area (Å²) in [5.41, 5.74) is -0.869. The van der Waals surface area contributed by atoms with Crippen molar-refractivity contribution in [3.05, 3.63) is 11.2 Å². The highest BCUT2D eigenvalue weighted by molar-refractivity contribution is 7.89. The molecule has 0 aromatic carbocycles. The molecule has 0 saturated heterocycles. The molecule has 0 fully saturated rings. The summed E-state index contributed by atoms with van der Waals surface area (Å²) in [6, 6.07) is 0. The van der Waals surface area contributed by atoms with Crippen LogP contribution in [0.2, 0.25) is 5.02 Å². The molecule has 104 valence electrons. The monoisotopic (exact) mass is 295 g/mol. The molecule has 0 saturated carbocycles. The Labute approximate surface area is 112 Å². The molecule has 1 aromatic rings. The molecule has 8 heteroatoms. The zero-order chi connectivity index (χ0) is 14.0. The molecule has 0 aliphatic heterocycles. The molecule has 0 bridgehead atoms. The van der Waals surface area contributed by atoms with Gasteiger partial charge in [-0.2, -0.15) is 5.10 Å². The van der Waals surface area contributed by atoms with E-state index in [-0.39, 0.29) is 16.7 Å². The van der Waals surface area contributed by atoms with E-state index in [0.29, 0.717) is 12.8 Å². The number of nitrogens with one attached hydrogen (secondary N) is 1. The number of hydrogen-bond donors (Lipinski definition) is 2. The molecule has 0 atom stereocenters. The summed E-state index contributed by atoms with van der Waals surface area (Å²) in [7, 11) is -2.31. The largest absolute Gasteiger partial charge is 0.394 e. The number of hydrogen-bond acceptors (Lipinski definition) is 4. The summed E-state index contributed by atoms with van der Waals surface area (Å²) in [5, 5.41) is 13.2. The second-order valence-electron chi connectivity index (χ2n) is 4.17. The molecule has 2 N–H and O–H groups in total. The van der Waals surface area contributed by atoms with E-state index in [2.05, 4.69) is 9.82 Å². The predicted molar refractivity (Wildman–Crippen MR) is 68.9 cm³/mol. The first kappa shape index (κ1) is 15.4. The van der Waals surface area contributed by atoms with Crippen LogP contribution in [0.25, 0.3) is 0 Å². The highest BCUT2D eigenvalue weighted by atomic mass is 35.5. The number of aliphatic hydroxyl groups excluding tert-OH is 1. The zero-order valence-corrected chi connectivity index (χ0v) is 12.2. The fraction of sp³-hybridized carbons (Fsp3) is 0.700. The fourth-order valence-corrected chi connectivity index (χ4v) is 3.88. The van der Waals surface area contributed by atoms with Crippen LogP contribution in [0.15, 0.2) is 11.2 Å². The summed E-state index contributed by atoms with van der Waals surface area (Å²) in [6.07, 6.45) is 2.23. The first-order chi connectivity index (χ1) is 8.32. The average molecular weight is 296 g/mol. The number of aliphatic hydroxyl groups is 1. The highest BCUT2D eigenvalue weighted by Gasteiger charge is 2.34. The van der Waals surface area contributed by atoms with Crippen molar-refractivity contribution in [1.82, 2.24) is 14.5 Å². The van der Waals surface area contributed by atoms with Gasteiger partial charge in [0, 0.05) is 7.05 Å². The van der Waals surface area contributed by atoms with E-state index in [4.69, 9.17) is 11.6 Å². The Bertz CT molecular complexity index is 481. The van der Waals surface area contributed by atoms with Gasteiger partial charge in [0.15, 0.2) is 5.03 Å². The topological polar surface area (TPSA) is 84.2 Å². The van der Waals surface area contributed by atoms with Crippen LogP contribution >= 0.6 is 11.6 Å². The quantitative estimate of drug-likeness (QED) is 0.817. The Morgan fingerprint density at radius 2 is 2.06 bits per heavy atom. The first-order valence-electron chi connectivity index (χ1n) is 5.64. The lowest BCUT2D eigenvalue weighted by Gasteiger charge is -2.30. The van der Waals surface area contributed by atoms with Crippen molar-refractivity contribution in [2.45, 2.75) is 37.3 Å². The molecule has 1 rings (SSSR count). The number of aryl methyl sites for hydroxylation is 1. The summed E-state index contributed by atoms with van der Waals surface area (Å²) in [4.78, 5) is 0. The third-order valence-electron chi connectivity index (χ3n) is 3.10. The molecule has 0 unspecified atom stereocenters. The lowest BCUT2D eigenvalue weighted by atomic mass is 9.96. The van der Waals surface area contributed by atoms with Crippen molar-refractivity contribution in [3.8, 4) is 0 Å². The molecule has 0 aliphatic rings. The van der Waals surface area contributed by atoms with Gasteiger partial charge in [-0.05, 0) is 12.8 Å². The summed E-state index contributed by atoms with van der Waals surface area (Å²) >= 11 is 5.82. The Balaban J connectivity index is 3.17. The number of sulfonamides is 1. The van der Waals surface area contributed by atoms with E-state index in [1.165, 1.54) is 17.9 Å². The van der Waals surface area contributed by atoms with Gasteiger partial charge in [0.05, 0.1) is 23.4 Å². The molecular weight excluding hydrogens is 278 g/mol. The number of aromatic nitrogens is 2. The van der Waals surface area contributed by atoms with Gasteiger partial charge >= 0.3 is 0 Å². The average Bonchev–Trinajstić information content (AvgIpc) is 2.67. The highest BCUT2D eigenvalue weighted by Crippen LogP contribution is 2.23. The SMILES string of the molecule is CCC(CC)(CO)NS(=O)(=O)c1c(Cl)cnn1C. The number of halogens is 1. The summed E-state index contributed by atoms with van der Waals surface area (Å²) in [5.74, 6) is 0. The minimum Gasteiger partial charge on any atom is -0.394 e. The van der Waals surface area contributed by atoms with Crippen LogP contribution in [0.1, 0.15) is 26.7 Å². The molecule has 1 heterocycles. The van der Waals surface area contributed by atoms with Gasteiger partial charge < -0.3 is 5.11 Å². The minimum atomic E-state index is -3.81. The van der Waals surface area contributed by atoms with E-state index < -0.39 is 15.6 Å². The van der Waals surface area contributed by atoms with Gasteiger partial charge in [0.1, 0.15) is 0 Å². The molecular formula is C10H18ClN3O3S. The Hall–Kier alpha value is -0.630. The lowest BCUT2D eigenvalue weighted by molar-refractivity contribution is 0.172. The number of nitrogens with zero attached hydrogens (tertiary/aromatic N) is 2. The van der Waals surface area contributed by atoms with Crippen LogP contribution in [-0.4, -0.2) is 35.5 Å². The summed E-state index contributed by atoms with van der Waals surface area (Å²) in [6.45, 7) is 3.36. The van der Waals surface area contributed by atoms with Crippen LogP contribution in [0.4, 0.5) is 0 Å². The second kappa shape index (κ2) is 5.56. The van der Waals surface area contributed by atoms with Crippen LogP contribution in [0.3, 0.4) is 0 Å². The van der Waals surface area contributed by atoms with Crippen LogP contribution in [-0.2, 0) is 17.1 Å². The van der Waals surface area contributed by atoms with E-state index in [9.17, 15) is 13.5 Å². The first-order valence-corrected chi connectivity index (χ1v) is 7.50. The minimum absolute atomic E-state index is 0.0593. The van der Waals surface area contributed by atoms with Gasteiger partial charge in [-0.3, -0.25) is 4.68 Å². The Morgan fingerprint density at radius 1 is 1.50 bits per heavy atom. The van der Waals surface area contributed by atoms with Crippen molar-refractivity contribution >= 4 is 21.6 Å². The maximum Gasteiger partial charge on any atom is 0.259 e. The molecule has 0 spiro atoms. The van der Waals surface area contributed by atoms with Crippen LogP contribution < -0.4 is 4.72 Å². The van der Waals surface area contributed by atoms with Crippen molar-refractivity contribution in [2.24, 2.45) is 7.05 Å². The van der Waals surface area contributed by atoms with Gasteiger partial charge in [0.2, 0.25) is 0 Å². The molecule has 1 aromatic heterocycles. The zero-order valence-electron chi connectivity index (χ0n) is 10.6. The van der Waals surface area contributed by atoms with Gasteiger partial charge in [0.25, 0.3) is 10.0 Å². The smallest absolute Gasteiger partial charge is 0.259 e. The van der Waals surface area contributed by atoms with Gasteiger partial charge in [-0.25, -0.2) is 13.1 Å². The maximum atomic E-state index is 12.3. The third kappa shape index (κ3) is 2.85. The standard InChI is InChI=1S/C10H18ClN3O3S/c1-4-10(5-2,7-15)13-18(16,17)9-8(11)6-12-14(9)3/h6,13,15H,4-5,7H2,1-3H3. The van der Waals surface area contributed by atoms with Crippen molar-refractivity contribution in [2.75, 3.05) is 6.61 Å². The van der Waals surface area contributed by atoms with E-state index in [1.54, 1.807) is 0 Å². The fourth-order valence-electron chi connectivity index (χ4n) is 1.69. The van der Waals surface area contributed by atoms with Crippen LogP contribution in [0, 0.1) is 0 Å². The molecule has 0 radical (unpaired) electrons. The van der Waals surface area contributed by atoms with Crippen molar-refractivity contribution in [1.29, 1.82) is 0 Å². The Kier molecular flexibility index (Phi) is 4.77. The van der Waals surface area contributed by atoms with Gasteiger partial charge in [-0.15, -0.1) is 0 Å². The second-order valence-corrected chi connectivity index (χ2v) is 6.18. The van der Waals surface area contributed by atoms with Gasteiger partial charge in [-0.1, -0.05) is 25.4 Å². The summed E-state index contributed by atoms with van der Waals surface area (Å²) < 4.78 is 28.2. The van der Waals surface area contributed by atoms with Crippen molar-refractivity contribution in [3.63, 3.8) is 0 Å².